The van der Waals surface area contributed by atoms with Gasteiger partial charge in [-0.3, -0.25) is 4.57 Å². The van der Waals surface area contributed by atoms with E-state index in [2.05, 4.69) is 0 Å². The molecule has 0 unspecified atom stereocenters. The molecule has 90 valence electrons. The Morgan fingerprint density at radius 1 is 1.28 bits per heavy atom. The molecule has 0 atom stereocenters. The molecule has 2 heterocycles. The first-order valence-electron chi connectivity index (χ1n) is 5.61. The number of benzene rings is 1. The van der Waals surface area contributed by atoms with E-state index < -0.39 is 6.09 Å². The van der Waals surface area contributed by atoms with Crippen molar-refractivity contribution >= 4 is 17.0 Å². The topological polar surface area (TPSA) is 40.5 Å². The minimum atomic E-state index is -0.422. The zero-order chi connectivity index (χ0) is 12.4. The van der Waals surface area contributed by atoms with E-state index in [0.29, 0.717) is 12.4 Å². The molecule has 2 aromatic rings. The Bertz CT molecular complexity index is 652. The molecule has 0 radical (unpaired) electrons. The number of hydrogen-bond acceptors (Lipinski definition) is 3. The van der Waals surface area contributed by atoms with Crippen LogP contribution in [-0.4, -0.2) is 17.3 Å². The lowest BCUT2D eigenvalue weighted by molar-refractivity contribution is 0.178. The van der Waals surface area contributed by atoms with Crippen LogP contribution in [0.3, 0.4) is 0 Å². The number of rotatable bonds is 1. The standard InChI is InChI=1S/C14H11NO3/c16-14(18-12-6-9-17-10-7-12)15-8-5-11-3-1-2-4-13(11)15/h1-9H,10H2. The van der Waals surface area contributed by atoms with Crippen LogP contribution < -0.4 is 0 Å². The molecule has 3 rings (SSSR count). The van der Waals surface area contributed by atoms with Crippen molar-refractivity contribution in [2.45, 2.75) is 0 Å². The predicted molar refractivity (Wildman–Crippen MR) is 67.0 cm³/mol. The third-order valence-electron chi connectivity index (χ3n) is 2.71. The lowest BCUT2D eigenvalue weighted by Gasteiger charge is -2.09. The summed E-state index contributed by atoms with van der Waals surface area (Å²) in [6, 6.07) is 9.53. The van der Waals surface area contributed by atoms with E-state index in [1.54, 1.807) is 18.3 Å². The van der Waals surface area contributed by atoms with Gasteiger partial charge in [0.1, 0.15) is 12.4 Å². The molecule has 0 saturated carbocycles. The summed E-state index contributed by atoms with van der Waals surface area (Å²) in [5.41, 5.74) is 0.833. The maximum Gasteiger partial charge on any atom is 0.423 e. The monoisotopic (exact) mass is 241 g/mol. The van der Waals surface area contributed by atoms with Gasteiger partial charge in [-0.05, 0) is 18.2 Å². The lowest BCUT2D eigenvalue weighted by Crippen LogP contribution is -2.12. The molecule has 1 aliphatic heterocycles. The van der Waals surface area contributed by atoms with Gasteiger partial charge in [-0.25, -0.2) is 4.79 Å². The number of allylic oxidation sites excluding steroid dienone is 1. The number of ether oxygens (including phenoxy) is 2. The van der Waals surface area contributed by atoms with Gasteiger partial charge in [0.15, 0.2) is 0 Å². The van der Waals surface area contributed by atoms with Crippen LogP contribution in [0, 0.1) is 0 Å². The quantitative estimate of drug-likeness (QED) is 0.770. The molecule has 0 N–H and O–H groups in total. The van der Waals surface area contributed by atoms with Crippen molar-refractivity contribution in [1.29, 1.82) is 0 Å². The highest BCUT2D eigenvalue weighted by molar-refractivity contribution is 5.89. The Labute approximate surface area is 104 Å². The average molecular weight is 241 g/mol. The van der Waals surface area contributed by atoms with Crippen LogP contribution in [0.1, 0.15) is 0 Å². The molecule has 0 saturated heterocycles. The SMILES string of the molecule is O=C(OC1=CCOC=C1)n1ccc2ccccc21. The maximum absolute atomic E-state index is 12.0. The second-order valence-electron chi connectivity index (χ2n) is 3.86. The number of carbonyl (C=O) groups is 1. The average Bonchev–Trinajstić information content (AvgIpc) is 2.84. The van der Waals surface area contributed by atoms with Gasteiger partial charge >= 0.3 is 6.09 Å². The van der Waals surface area contributed by atoms with Crippen LogP contribution in [0.4, 0.5) is 4.79 Å². The fourth-order valence-electron chi connectivity index (χ4n) is 1.84. The summed E-state index contributed by atoms with van der Waals surface area (Å²) in [6.07, 6.45) is 6.12. The first kappa shape index (κ1) is 10.7. The normalized spacial score (nSPS) is 14.1. The number of aromatic nitrogens is 1. The van der Waals surface area contributed by atoms with Gasteiger partial charge in [-0.2, -0.15) is 0 Å². The Morgan fingerprint density at radius 3 is 3.00 bits per heavy atom. The molecule has 1 aliphatic rings. The molecule has 4 nitrogen and oxygen atoms in total. The summed E-state index contributed by atoms with van der Waals surface area (Å²) in [4.78, 5) is 12.0. The lowest BCUT2D eigenvalue weighted by atomic mass is 10.2. The minimum absolute atomic E-state index is 0.422. The molecule has 0 aliphatic carbocycles. The van der Waals surface area contributed by atoms with E-state index in [0.717, 1.165) is 10.9 Å². The summed E-state index contributed by atoms with van der Waals surface area (Å²) in [5, 5.41) is 1.01. The van der Waals surface area contributed by atoms with Crippen molar-refractivity contribution in [1.82, 2.24) is 4.57 Å². The predicted octanol–water partition coefficient (Wildman–Crippen LogP) is 3.05. The molecule has 4 heteroatoms. The molecule has 0 bridgehead atoms. The second kappa shape index (κ2) is 4.41. The Balaban J connectivity index is 1.88. The van der Waals surface area contributed by atoms with Crippen LogP contribution in [0.5, 0.6) is 0 Å². The van der Waals surface area contributed by atoms with Gasteiger partial charge in [-0.15, -0.1) is 0 Å². The third-order valence-corrected chi connectivity index (χ3v) is 2.71. The van der Waals surface area contributed by atoms with Crippen LogP contribution in [-0.2, 0) is 9.47 Å². The second-order valence-corrected chi connectivity index (χ2v) is 3.86. The van der Waals surface area contributed by atoms with Crippen LogP contribution >= 0.6 is 0 Å². The van der Waals surface area contributed by atoms with Gasteiger partial charge in [0.05, 0.1) is 11.8 Å². The van der Waals surface area contributed by atoms with E-state index in [9.17, 15) is 4.79 Å². The fraction of sp³-hybridized carbons (Fsp3) is 0.0714. The van der Waals surface area contributed by atoms with Gasteiger partial charge in [0.25, 0.3) is 0 Å². The van der Waals surface area contributed by atoms with E-state index in [1.807, 2.05) is 30.3 Å². The molecular weight excluding hydrogens is 230 g/mol. The van der Waals surface area contributed by atoms with Crippen LogP contribution in [0.25, 0.3) is 10.9 Å². The van der Waals surface area contributed by atoms with Crippen molar-refractivity contribution in [2.75, 3.05) is 6.61 Å². The first-order valence-corrected chi connectivity index (χ1v) is 5.61. The number of carbonyl (C=O) groups excluding carboxylic acids is 1. The van der Waals surface area contributed by atoms with E-state index in [1.165, 1.54) is 10.8 Å². The number of nitrogens with zero attached hydrogens (tertiary/aromatic N) is 1. The maximum atomic E-state index is 12.0. The summed E-state index contributed by atoms with van der Waals surface area (Å²) >= 11 is 0. The Hall–Kier alpha value is -2.49. The van der Waals surface area contributed by atoms with Crippen molar-refractivity contribution in [3.05, 3.63) is 60.7 Å². The van der Waals surface area contributed by atoms with Gasteiger partial charge in [0.2, 0.25) is 0 Å². The van der Waals surface area contributed by atoms with E-state index in [-0.39, 0.29) is 0 Å². The van der Waals surface area contributed by atoms with Crippen molar-refractivity contribution in [2.24, 2.45) is 0 Å². The first-order chi connectivity index (χ1) is 8.84. The van der Waals surface area contributed by atoms with Crippen LogP contribution in [0.15, 0.2) is 60.7 Å². The zero-order valence-electron chi connectivity index (χ0n) is 9.58. The summed E-state index contributed by atoms with van der Waals surface area (Å²) in [7, 11) is 0. The molecule has 0 fully saturated rings. The molecule has 0 amide bonds. The van der Waals surface area contributed by atoms with Gasteiger partial charge < -0.3 is 9.47 Å². The van der Waals surface area contributed by atoms with Gasteiger partial charge in [-0.1, -0.05) is 18.2 Å². The third kappa shape index (κ3) is 1.88. The minimum Gasteiger partial charge on any atom is -0.497 e. The molecule has 1 aromatic heterocycles. The van der Waals surface area contributed by atoms with Gasteiger partial charge in [0, 0.05) is 17.7 Å². The van der Waals surface area contributed by atoms with Crippen LogP contribution in [0.2, 0.25) is 0 Å². The number of para-hydroxylation sites is 1. The van der Waals surface area contributed by atoms with Crippen molar-refractivity contribution in [3.8, 4) is 0 Å². The summed E-state index contributed by atoms with van der Waals surface area (Å²) in [5.74, 6) is 0.504. The van der Waals surface area contributed by atoms with E-state index >= 15 is 0 Å². The highest BCUT2D eigenvalue weighted by Gasteiger charge is 2.11. The number of hydrogen-bond donors (Lipinski definition) is 0. The fourth-order valence-corrected chi connectivity index (χ4v) is 1.84. The smallest absolute Gasteiger partial charge is 0.423 e. The van der Waals surface area contributed by atoms with E-state index in [4.69, 9.17) is 9.47 Å². The molecule has 18 heavy (non-hydrogen) atoms. The highest BCUT2D eigenvalue weighted by atomic mass is 16.6. The van der Waals surface area contributed by atoms with Crippen molar-refractivity contribution in [3.63, 3.8) is 0 Å². The highest BCUT2D eigenvalue weighted by Crippen LogP contribution is 2.16. The molecule has 1 aromatic carbocycles. The van der Waals surface area contributed by atoms with Crippen molar-refractivity contribution < 1.29 is 14.3 Å². The largest absolute Gasteiger partial charge is 0.497 e. The summed E-state index contributed by atoms with van der Waals surface area (Å²) in [6.45, 7) is 0.422. The Kier molecular flexibility index (Phi) is 2.61. The number of fused-ring (bicyclic) bond motifs is 1. The molecule has 0 spiro atoms. The zero-order valence-corrected chi connectivity index (χ0v) is 9.58. The summed E-state index contributed by atoms with van der Waals surface area (Å²) < 4.78 is 11.7. The molecular formula is C14H11NO3. The Morgan fingerprint density at radius 2 is 2.17 bits per heavy atom.